The van der Waals surface area contributed by atoms with Crippen molar-refractivity contribution in [3.63, 3.8) is 0 Å². The van der Waals surface area contributed by atoms with Crippen LogP contribution in [0.25, 0.3) is 0 Å². The molecule has 8 nitrogen and oxygen atoms in total. The fourth-order valence-corrected chi connectivity index (χ4v) is 7.87. The number of nitrogens with zero attached hydrogens (tertiary/aromatic N) is 2. The Bertz CT molecular complexity index is 1490. The lowest BCUT2D eigenvalue weighted by Gasteiger charge is -2.65. The minimum absolute atomic E-state index is 0.0441. The van der Waals surface area contributed by atoms with Crippen LogP contribution in [0.1, 0.15) is 55.4 Å². The first kappa shape index (κ1) is 26.4. The Balaban J connectivity index is 1.46. The van der Waals surface area contributed by atoms with E-state index >= 15 is 0 Å². The maximum absolute atomic E-state index is 13.5. The van der Waals surface area contributed by atoms with Crippen LogP contribution in [0.4, 0.5) is 0 Å². The highest BCUT2D eigenvalue weighted by Crippen LogP contribution is 2.67. The van der Waals surface area contributed by atoms with Gasteiger partial charge in [-0.05, 0) is 75.5 Å². The molecule has 2 heterocycles. The predicted octanol–water partition coefficient (Wildman–Crippen LogP) is 3.15. The summed E-state index contributed by atoms with van der Waals surface area (Å²) < 4.78 is 18.8. The summed E-state index contributed by atoms with van der Waals surface area (Å²) in [7, 11) is 3.85. The van der Waals surface area contributed by atoms with Crippen LogP contribution in [0.15, 0.2) is 36.4 Å². The van der Waals surface area contributed by atoms with Crippen LogP contribution in [0.3, 0.4) is 0 Å². The molecule has 208 valence electrons. The standard InChI is InChI=1S/C32H34N2O6/c1-19-7-6-8-22(17-19)9-12-27(37)34(5)24-13-14-32(40-21(3)36)26-18-23-10-11-25(38-20(2)35)29-28(23)31(32,30(24)39-29)15-16-33(26)4/h6-8,10-11,17,24,26,30H,13-16,18H2,1-5H3/t24-,26+,30-,31-,32+/m0/s1. The van der Waals surface area contributed by atoms with Gasteiger partial charge in [-0.25, -0.2) is 0 Å². The van der Waals surface area contributed by atoms with Crippen LogP contribution in [-0.4, -0.2) is 72.1 Å². The Morgan fingerprint density at radius 2 is 1.93 bits per heavy atom. The lowest BCUT2D eigenvalue weighted by atomic mass is 9.48. The molecule has 2 aliphatic carbocycles. The molecule has 2 aromatic rings. The van der Waals surface area contributed by atoms with Crippen molar-refractivity contribution >= 4 is 17.8 Å². The van der Waals surface area contributed by atoms with E-state index in [-0.39, 0.29) is 24.0 Å². The summed E-state index contributed by atoms with van der Waals surface area (Å²) in [5.41, 5.74) is 2.38. The average molecular weight is 543 g/mol. The Hall–Kier alpha value is -3.83. The Labute approximate surface area is 234 Å². The van der Waals surface area contributed by atoms with Gasteiger partial charge in [0.1, 0.15) is 11.7 Å². The molecule has 1 amide bonds. The smallest absolute Gasteiger partial charge is 0.308 e. The summed E-state index contributed by atoms with van der Waals surface area (Å²) in [5, 5.41) is 0. The molecular weight excluding hydrogens is 508 g/mol. The predicted molar refractivity (Wildman–Crippen MR) is 147 cm³/mol. The maximum atomic E-state index is 13.5. The van der Waals surface area contributed by atoms with Crippen LogP contribution in [-0.2, 0) is 31.0 Å². The van der Waals surface area contributed by atoms with Crippen molar-refractivity contribution in [3.8, 4) is 23.3 Å². The van der Waals surface area contributed by atoms with E-state index in [1.807, 2.05) is 37.3 Å². The third kappa shape index (κ3) is 3.75. The maximum Gasteiger partial charge on any atom is 0.308 e. The summed E-state index contributed by atoms with van der Waals surface area (Å²) >= 11 is 0. The van der Waals surface area contributed by atoms with Gasteiger partial charge < -0.3 is 19.1 Å². The molecule has 2 aliphatic heterocycles. The first-order valence-corrected chi connectivity index (χ1v) is 13.8. The van der Waals surface area contributed by atoms with Crippen LogP contribution in [0, 0.1) is 18.8 Å². The van der Waals surface area contributed by atoms with E-state index < -0.39 is 23.1 Å². The van der Waals surface area contributed by atoms with Crippen molar-refractivity contribution in [2.45, 2.75) is 75.7 Å². The molecule has 40 heavy (non-hydrogen) atoms. The monoisotopic (exact) mass is 542 g/mol. The average Bonchev–Trinajstić information content (AvgIpc) is 3.25. The van der Waals surface area contributed by atoms with Gasteiger partial charge in [-0.3, -0.25) is 19.3 Å². The molecule has 1 spiro atoms. The zero-order valence-corrected chi connectivity index (χ0v) is 23.6. The van der Waals surface area contributed by atoms with Gasteiger partial charge in [0.15, 0.2) is 11.5 Å². The summed E-state index contributed by atoms with van der Waals surface area (Å²) in [6, 6.07) is 11.2. The second kappa shape index (κ2) is 9.38. The van der Waals surface area contributed by atoms with E-state index in [9.17, 15) is 14.4 Å². The first-order valence-electron chi connectivity index (χ1n) is 13.8. The molecule has 0 unspecified atom stereocenters. The van der Waals surface area contributed by atoms with E-state index in [0.29, 0.717) is 37.2 Å². The van der Waals surface area contributed by atoms with E-state index in [0.717, 1.165) is 28.8 Å². The Kier molecular flexibility index (Phi) is 6.19. The number of likely N-dealkylation sites (tertiary alicyclic amines) is 1. The van der Waals surface area contributed by atoms with Crippen molar-refractivity contribution in [1.82, 2.24) is 9.80 Å². The highest BCUT2D eigenvalue weighted by Gasteiger charge is 2.75. The third-order valence-electron chi connectivity index (χ3n) is 9.37. The van der Waals surface area contributed by atoms with Crippen molar-refractivity contribution in [3.05, 3.63) is 58.7 Å². The molecule has 0 radical (unpaired) electrons. The fraction of sp³-hybridized carbons (Fsp3) is 0.469. The molecule has 5 atom stereocenters. The zero-order chi connectivity index (χ0) is 28.4. The summed E-state index contributed by atoms with van der Waals surface area (Å²) in [6.45, 7) is 5.59. The summed E-state index contributed by atoms with van der Waals surface area (Å²) in [6.07, 6.45) is 2.01. The molecule has 2 fully saturated rings. The molecule has 1 saturated heterocycles. The fourth-order valence-electron chi connectivity index (χ4n) is 7.87. The number of piperidine rings is 1. The van der Waals surface area contributed by atoms with Gasteiger partial charge in [0, 0.05) is 37.9 Å². The lowest BCUT2D eigenvalue weighted by molar-refractivity contribution is -0.220. The summed E-state index contributed by atoms with van der Waals surface area (Å²) in [5.74, 6) is 5.63. The van der Waals surface area contributed by atoms with Crippen LogP contribution < -0.4 is 9.47 Å². The van der Waals surface area contributed by atoms with Crippen LogP contribution in [0.2, 0.25) is 0 Å². The number of ether oxygens (including phenoxy) is 3. The Morgan fingerprint density at radius 3 is 2.65 bits per heavy atom. The highest BCUT2D eigenvalue weighted by molar-refractivity contribution is 5.94. The van der Waals surface area contributed by atoms with Gasteiger partial charge in [0.2, 0.25) is 0 Å². The van der Waals surface area contributed by atoms with Crippen molar-refractivity contribution in [2.24, 2.45) is 0 Å². The minimum Gasteiger partial charge on any atom is -0.483 e. The van der Waals surface area contributed by atoms with Gasteiger partial charge in [0.25, 0.3) is 5.91 Å². The SMILES string of the molecule is CC(=O)Oc1ccc2c3c1O[C@H]1[C@@H](N(C)C(=O)C#Cc4cccc(C)c4)CC[C@@]4(OC(C)=O)[C@@H](C2)N(C)CC[C@]314. The number of esters is 2. The highest BCUT2D eigenvalue weighted by atomic mass is 16.6. The van der Waals surface area contributed by atoms with Crippen molar-refractivity contribution < 1.29 is 28.6 Å². The number of hydrogen-bond acceptors (Lipinski definition) is 7. The largest absolute Gasteiger partial charge is 0.483 e. The first-order chi connectivity index (χ1) is 19.1. The number of aryl methyl sites for hydroxylation is 1. The Morgan fingerprint density at radius 1 is 1.12 bits per heavy atom. The molecule has 2 aromatic carbocycles. The lowest BCUT2D eigenvalue weighted by Crippen LogP contribution is -2.78. The molecule has 0 aromatic heterocycles. The zero-order valence-electron chi connectivity index (χ0n) is 23.6. The van der Waals surface area contributed by atoms with Gasteiger partial charge in [-0.15, -0.1) is 0 Å². The summed E-state index contributed by atoms with van der Waals surface area (Å²) in [4.78, 5) is 42.1. The normalized spacial score (nSPS) is 29.3. The van der Waals surface area contributed by atoms with Gasteiger partial charge in [-0.1, -0.05) is 24.1 Å². The number of carbonyl (C=O) groups is 3. The second-order valence-corrected chi connectivity index (χ2v) is 11.6. The van der Waals surface area contributed by atoms with Crippen molar-refractivity contribution in [2.75, 3.05) is 20.6 Å². The topological polar surface area (TPSA) is 85.4 Å². The van der Waals surface area contributed by atoms with E-state index in [4.69, 9.17) is 14.2 Å². The number of hydrogen-bond donors (Lipinski definition) is 0. The number of likely N-dealkylation sites (N-methyl/N-ethyl adjacent to an activating group) is 2. The molecule has 1 saturated carbocycles. The molecule has 4 aliphatic rings. The second-order valence-electron chi connectivity index (χ2n) is 11.6. The van der Waals surface area contributed by atoms with Crippen molar-refractivity contribution in [1.29, 1.82) is 0 Å². The van der Waals surface area contributed by atoms with E-state index in [2.05, 4.69) is 23.8 Å². The van der Waals surface area contributed by atoms with Crippen LogP contribution in [0.5, 0.6) is 11.5 Å². The van der Waals surface area contributed by atoms with Crippen LogP contribution >= 0.6 is 0 Å². The molecule has 2 bridgehead atoms. The van der Waals surface area contributed by atoms with E-state index in [1.54, 1.807) is 18.0 Å². The van der Waals surface area contributed by atoms with E-state index in [1.165, 1.54) is 13.8 Å². The molecule has 6 rings (SSSR count). The number of rotatable bonds is 3. The van der Waals surface area contributed by atoms with Gasteiger partial charge in [-0.2, -0.15) is 0 Å². The third-order valence-corrected chi connectivity index (χ3v) is 9.37. The number of amides is 1. The molecular formula is C32H34N2O6. The minimum atomic E-state index is -0.836. The quantitative estimate of drug-likeness (QED) is 0.335. The number of carbonyl (C=O) groups excluding carboxylic acids is 3. The van der Waals surface area contributed by atoms with Gasteiger partial charge in [0.05, 0.1) is 17.5 Å². The number of benzene rings is 2. The molecule has 8 heteroatoms. The van der Waals surface area contributed by atoms with Gasteiger partial charge >= 0.3 is 11.9 Å². The molecule has 0 N–H and O–H groups in total.